The number of nitrogens with two attached hydrogens (primary N) is 1. The van der Waals surface area contributed by atoms with Gasteiger partial charge in [0.2, 0.25) is 0 Å². The third kappa shape index (κ3) is 2.13. The van der Waals surface area contributed by atoms with Gasteiger partial charge >= 0.3 is 0 Å². The number of ether oxygens (including phenoxy) is 1. The van der Waals surface area contributed by atoms with E-state index < -0.39 is 0 Å². The summed E-state index contributed by atoms with van der Waals surface area (Å²) in [4.78, 5) is 0. The lowest BCUT2D eigenvalue weighted by molar-refractivity contribution is 0.352. The smallest absolute Gasteiger partial charge is 0.127 e. The van der Waals surface area contributed by atoms with Crippen LogP contribution in [0.1, 0.15) is 33.9 Å². The molecule has 1 unspecified atom stereocenters. The molecule has 0 aliphatic carbocycles. The molecule has 2 heteroatoms. The van der Waals surface area contributed by atoms with Crippen molar-refractivity contribution < 1.29 is 4.74 Å². The molecular formula is C17H19NO. The van der Waals surface area contributed by atoms with Gasteiger partial charge in [0.15, 0.2) is 0 Å². The van der Waals surface area contributed by atoms with Crippen LogP contribution in [0.2, 0.25) is 0 Å². The molecule has 2 nitrogen and oxygen atoms in total. The van der Waals surface area contributed by atoms with Crippen LogP contribution in [0.3, 0.4) is 0 Å². The van der Waals surface area contributed by atoms with E-state index in [9.17, 15) is 0 Å². The first-order chi connectivity index (χ1) is 9.16. The zero-order valence-corrected chi connectivity index (χ0v) is 11.4. The summed E-state index contributed by atoms with van der Waals surface area (Å²) in [6.07, 6.45) is 0.989. The summed E-state index contributed by atoms with van der Waals surface area (Å²) in [5.41, 5.74) is 12.5. The van der Waals surface area contributed by atoms with E-state index in [2.05, 4.69) is 50.2 Å². The van der Waals surface area contributed by atoms with Gasteiger partial charge in [0.25, 0.3) is 0 Å². The maximum atomic E-state index is 6.46. The highest BCUT2D eigenvalue weighted by atomic mass is 16.5. The molecule has 0 radical (unpaired) electrons. The molecule has 0 aromatic heterocycles. The lowest BCUT2D eigenvalue weighted by Gasteiger charge is -2.18. The van der Waals surface area contributed by atoms with Gasteiger partial charge in [-0.1, -0.05) is 42.0 Å². The molecule has 2 aromatic rings. The van der Waals surface area contributed by atoms with Crippen LogP contribution in [-0.4, -0.2) is 6.61 Å². The van der Waals surface area contributed by atoms with Crippen molar-refractivity contribution in [2.45, 2.75) is 26.3 Å². The summed E-state index contributed by atoms with van der Waals surface area (Å²) < 4.78 is 5.76. The Morgan fingerprint density at radius 1 is 1.11 bits per heavy atom. The minimum atomic E-state index is -0.117. The van der Waals surface area contributed by atoms with Crippen LogP contribution in [-0.2, 0) is 6.42 Å². The lowest BCUT2D eigenvalue weighted by atomic mass is 9.93. The molecule has 0 bridgehead atoms. The van der Waals surface area contributed by atoms with E-state index in [1.54, 1.807) is 0 Å². The highest BCUT2D eigenvalue weighted by Crippen LogP contribution is 2.35. The predicted octanol–water partition coefficient (Wildman–Crippen LogP) is 3.29. The summed E-state index contributed by atoms with van der Waals surface area (Å²) in [7, 11) is 0. The number of benzene rings is 2. The number of para-hydroxylation sites is 1. The summed E-state index contributed by atoms with van der Waals surface area (Å²) >= 11 is 0. The third-order valence-electron chi connectivity index (χ3n) is 3.84. The summed E-state index contributed by atoms with van der Waals surface area (Å²) in [6, 6.07) is 12.6. The first kappa shape index (κ1) is 12.2. The summed E-state index contributed by atoms with van der Waals surface area (Å²) in [5, 5.41) is 0. The average molecular weight is 253 g/mol. The van der Waals surface area contributed by atoms with E-state index in [1.165, 1.54) is 22.3 Å². The van der Waals surface area contributed by atoms with E-state index in [1.807, 2.05) is 0 Å². The molecule has 2 N–H and O–H groups in total. The number of aryl methyl sites for hydroxylation is 2. The molecule has 0 saturated heterocycles. The summed E-state index contributed by atoms with van der Waals surface area (Å²) in [5.74, 6) is 0.995. The second kappa shape index (κ2) is 4.71. The van der Waals surface area contributed by atoms with E-state index in [0.717, 1.165) is 24.3 Å². The highest BCUT2D eigenvalue weighted by Gasteiger charge is 2.21. The van der Waals surface area contributed by atoms with Gasteiger partial charge in [0.1, 0.15) is 5.75 Å². The Bertz CT molecular complexity index is 619. The Labute approximate surface area is 114 Å². The first-order valence-electron chi connectivity index (χ1n) is 6.74. The molecule has 2 aromatic carbocycles. The SMILES string of the molecule is Cc1ccc(C(N)c2cccc3c2OCC3)c(C)c1. The molecule has 1 aliphatic rings. The molecule has 0 spiro atoms. The molecule has 1 aliphatic heterocycles. The number of hydrogen-bond donors (Lipinski definition) is 1. The van der Waals surface area contributed by atoms with Crippen molar-refractivity contribution in [2.75, 3.05) is 6.61 Å². The van der Waals surface area contributed by atoms with Gasteiger partial charge < -0.3 is 10.5 Å². The van der Waals surface area contributed by atoms with E-state index in [-0.39, 0.29) is 6.04 Å². The monoisotopic (exact) mass is 253 g/mol. The van der Waals surface area contributed by atoms with Gasteiger partial charge in [-0.25, -0.2) is 0 Å². The lowest BCUT2D eigenvalue weighted by Crippen LogP contribution is -2.14. The van der Waals surface area contributed by atoms with Crippen molar-refractivity contribution in [1.82, 2.24) is 0 Å². The van der Waals surface area contributed by atoms with Gasteiger partial charge in [-0.15, -0.1) is 0 Å². The molecular weight excluding hydrogens is 234 g/mol. The van der Waals surface area contributed by atoms with Crippen molar-refractivity contribution in [2.24, 2.45) is 5.73 Å². The van der Waals surface area contributed by atoms with Crippen LogP contribution >= 0.6 is 0 Å². The largest absolute Gasteiger partial charge is 0.493 e. The molecule has 19 heavy (non-hydrogen) atoms. The molecule has 3 rings (SSSR count). The molecule has 0 fully saturated rings. The van der Waals surface area contributed by atoms with Crippen molar-refractivity contribution in [1.29, 1.82) is 0 Å². The van der Waals surface area contributed by atoms with Crippen molar-refractivity contribution in [3.05, 3.63) is 64.2 Å². The fourth-order valence-electron chi connectivity index (χ4n) is 2.83. The van der Waals surface area contributed by atoms with Gasteiger partial charge in [0, 0.05) is 12.0 Å². The number of fused-ring (bicyclic) bond motifs is 1. The second-order valence-corrected chi connectivity index (χ2v) is 5.27. The van der Waals surface area contributed by atoms with Crippen LogP contribution in [0, 0.1) is 13.8 Å². The maximum Gasteiger partial charge on any atom is 0.127 e. The minimum Gasteiger partial charge on any atom is -0.493 e. The topological polar surface area (TPSA) is 35.2 Å². The highest BCUT2D eigenvalue weighted by molar-refractivity contribution is 5.49. The Kier molecular flexibility index (Phi) is 3.03. The third-order valence-corrected chi connectivity index (χ3v) is 3.84. The van der Waals surface area contributed by atoms with Crippen molar-refractivity contribution in [3.63, 3.8) is 0 Å². The van der Waals surface area contributed by atoms with Crippen LogP contribution < -0.4 is 10.5 Å². The molecule has 0 saturated carbocycles. The first-order valence-corrected chi connectivity index (χ1v) is 6.74. The fraction of sp³-hybridized carbons (Fsp3) is 0.294. The molecule has 1 atom stereocenters. The van der Waals surface area contributed by atoms with Crippen LogP contribution in [0.25, 0.3) is 0 Å². The van der Waals surface area contributed by atoms with Crippen molar-refractivity contribution >= 4 is 0 Å². The Morgan fingerprint density at radius 2 is 1.95 bits per heavy atom. The Hall–Kier alpha value is -1.80. The zero-order valence-electron chi connectivity index (χ0n) is 11.4. The predicted molar refractivity (Wildman–Crippen MR) is 77.6 cm³/mol. The average Bonchev–Trinajstić information content (AvgIpc) is 2.86. The zero-order chi connectivity index (χ0) is 13.4. The van der Waals surface area contributed by atoms with Gasteiger partial charge in [-0.3, -0.25) is 0 Å². The second-order valence-electron chi connectivity index (χ2n) is 5.27. The maximum absolute atomic E-state index is 6.46. The molecule has 0 amide bonds. The quantitative estimate of drug-likeness (QED) is 0.891. The van der Waals surface area contributed by atoms with Gasteiger partial charge in [0.05, 0.1) is 12.6 Å². The van der Waals surface area contributed by atoms with Crippen molar-refractivity contribution in [3.8, 4) is 5.75 Å². The Morgan fingerprint density at radius 3 is 2.74 bits per heavy atom. The normalized spacial score (nSPS) is 14.9. The van der Waals surface area contributed by atoms with Crippen LogP contribution in [0.5, 0.6) is 5.75 Å². The van der Waals surface area contributed by atoms with E-state index in [0.29, 0.717) is 0 Å². The van der Waals surface area contributed by atoms with E-state index in [4.69, 9.17) is 10.5 Å². The van der Waals surface area contributed by atoms with E-state index >= 15 is 0 Å². The van der Waals surface area contributed by atoms with Gasteiger partial charge in [-0.2, -0.15) is 0 Å². The minimum absolute atomic E-state index is 0.117. The Balaban J connectivity index is 2.05. The summed E-state index contributed by atoms with van der Waals surface area (Å²) in [6.45, 7) is 4.99. The molecule has 98 valence electrons. The number of hydrogen-bond acceptors (Lipinski definition) is 2. The fourth-order valence-corrected chi connectivity index (χ4v) is 2.83. The number of rotatable bonds is 2. The van der Waals surface area contributed by atoms with Crippen LogP contribution in [0.4, 0.5) is 0 Å². The van der Waals surface area contributed by atoms with Crippen LogP contribution in [0.15, 0.2) is 36.4 Å². The van der Waals surface area contributed by atoms with Gasteiger partial charge in [-0.05, 0) is 30.5 Å². The standard InChI is InChI=1S/C17H19NO/c1-11-6-7-14(12(2)10-11)16(18)15-5-3-4-13-8-9-19-17(13)15/h3-7,10,16H,8-9,18H2,1-2H3. The molecule has 1 heterocycles.